The SMILES string of the molecule is CN1CCC[C@H](CNC(=O)C(=O)Nc2ccc(Cl)c(Cl)c2)C1. The molecule has 1 aromatic carbocycles. The van der Waals surface area contributed by atoms with E-state index in [-0.39, 0.29) is 0 Å². The van der Waals surface area contributed by atoms with E-state index in [4.69, 9.17) is 23.2 Å². The third-order valence-electron chi connectivity index (χ3n) is 3.66. The maximum Gasteiger partial charge on any atom is 0.313 e. The zero-order chi connectivity index (χ0) is 16.1. The maximum absolute atomic E-state index is 11.8. The first kappa shape index (κ1) is 17.1. The predicted octanol–water partition coefficient (Wildman–Crippen LogP) is 2.39. The van der Waals surface area contributed by atoms with Crippen molar-refractivity contribution in [2.75, 3.05) is 32.0 Å². The van der Waals surface area contributed by atoms with E-state index < -0.39 is 11.8 Å². The Balaban J connectivity index is 1.81. The van der Waals surface area contributed by atoms with Crippen LogP contribution in [0.15, 0.2) is 18.2 Å². The van der Waals surface area contributed by atoms with E-state index in [2.05, 4.69) is 22.6 Å². The number of nitrogens with zero attached hydrogens (tertiary/aromatic N) is 1. The van der Waals surface area contributed by atoms with Gasteiger partial charge in [-0.05, 0) is 50.6 Å². The number of carbonyl (C=O) groups is 2. The number of hydrogen-bond donors (Lipinski definition) is 2. The number of rotatable bonds is 3. The van der Waals surface area contributed by atoms with Crippen molar-refractivity contribution in [2.45, 2.75) is 12.8 Å². The molecule has 1 fully saturated rings. The number of halogens is 2. The van der Waals surface area contributed by atoms with Gasteiger partial charge in [0.15, 0.2) is 0 Å². The number of benzene rings is 1. The van der Waals surface area contributed by atoms with Crippen molar-refractivity contribution in [2.24, 2.45) is 5.92 Å². The van der Waals surface area contributed by atoms with Crippen molar-refractivity contribution in [3.63, 3.8) is 0 Å². The summed E-state index contributed by atoms with van der Waals surface area (Å²) < 4.78 is 0. The zero-order valence-electron chi connectivity index (χ0n) is 12.4. The summed E-state index contributed by atoms with van der Waals surface area (Å²) in [7, 11) is 2.06. The molecule has 0 radical (unpaired) electrons. The Bertz CT molecular complexity index is 566. The molecular weight excluding hydrogens is 325 g/mol. The Hall–Kier alpha value is -1.30. The van der Waals surface area contributed by atoms with E-state index >= 15 is 0 Å². The summed E-state index contributed by atoms with van der Waals surface area (Å²) in [5.74, 6) is -0.956. The minimum absolute atomic E-state index is 0.324. The van der Waals surface area contributed by atoms with Gasteiger partial charge < -0.3 is 15.5 Å². The van der Waals surface area contributed by atoms with Gasteiger partial charge in [-0.1, -0.05) is 23.2 Å². The zero-order valence-corrected chi connectivity index (χ0v) is 13.9. The molecule has 2 amide bonds. The second-order valence-electron chi connectivity index (χ2n) is 5.56. The fourth-order valence-electron chi connectivity index (χ4n) is 2.52. The van der Waals surface area contributed by atoms with Crippen molar-refractivity contribution in [1.82, 2.24) is 10.2 Å². The predicted molar refractivity (Wildman–Crippen MR) is 88.3 cm³/mol. The van der Waals surface area contributed by atoms with E-state index in [1.807, 2.05) is 0 Å². The molecule has 1 aliphatic heterocycles. The summed E-state index contributed by atoms with van der Waals surface area (Å²) in [5.41, 5.74) is 0.437. The van der Waals surface area contributed by atoms with Gasteiger partial charge in [0.25, 0.3) is 0 Å². The molecule has 1 heterocycles. The Morgan fingerprint density at radius 3 is 2.73 bits per heavy atom. The normalized spacial score (nSPS) is 18.8. The minimum Gasteiger partial charge on any atom is -0.347 e. The molecule has 0 aliphatic carbocycles. The van der Waals surface area contributed by atoms with E-state index in [9.17, 15) is 9.59 Å². The third-order valence-corrected chi connectivity index (χ3v) is 4.40. The highest BCUT2D eigenvalue weighted by molar-refractivity contribution is 6.42. The molecule has 0 bridgehead atoms. The first-order valence-electron chi connectivity index (χ1n) is 7.18. The first-order chi connectivity index (χ1) is 10.5. The van der Waals surface area contributed by atoms with Gasteiger partial charge >= 0.3 is 11.8 Å². The summed E-state index contributed by atoms with van der Waals surface area (Å²) in [6.45, 7) is 2.54. The molecule has 120 valence electrons. The van der Waals surface area contributed by atoms with Crippen molar-refractivity contribution in [3.8, 4) is 0 Å². The topological polar surface area (TPSA) is 61.4 Å². The van der Waals surface area contributed by atoms with E-state index in [0.29, 0.717) is 28.2 Å². The highest BCUT2D eigenvalue weighted by Gasteiger charge is 2.20. The van der Waals surface area contributed by atoms with Crippen LogP contribution in [0.5, 0.6) is 0 Å². The molecule has 7 heteroatoms. The third kappa shape index (κ3) is 4.87. The number of nitrogens with one attached hydrogen (secondary N) is 2. The van der Waals surface area contributed by atoms with Gasteiger partial charge in [-0.3, -0.25) is 9.59 Å². The van der Waals surface area contributed by atoms with Crippen LogP contribution in [-0.2, 0) is 9.59 Å². The molecular formula is C15H19Cl2N3O2. The van der Waals surface area contributed by atoms with Crippen molar-refractivity contribution in [1.29, 1.82) is 0 Å². The summed E-state index contributed by atoms with van der Waals surface area (Å²) in [5, 5.41) is 5.90. The van der Waals surface area contributed by atoms with Crippen molar-refractivity contribution < 1.29 is 9.59 Å². The standard InChI is InChI=1S/C15H19Cl2N3O2/c1-20-6-2-3-10(9-20)8-18-14(21)15(22)19-11-4-5-12(16)13(17)7-11/h4-5,7,10H,2-3,6,8-9H2,1H3,(H,18,21)(H,19,22)/t10-/m1/s1. The minimum atomic E-state index is -0.706. The Morgan fingerprint density at radius 1 is 1.27 bits per heavy atom. The van der Waals surface area contributed by atoms with Crippen LogP contribution in [0.2, 0.25) is 10.0 Å². The van der Waals surface area contributed by atoms with Crippen LogP contribution in [0.3, 0.4) is 0 Å². The molecule has 0 aromatic heterocycles. The monoisotopic (exact) mass is 343 g/mol. The van der Waals surface area contributed by atoms with Gasteiger partial charge in [0, 0.05) is 18.8 Å². The number of likely N-dealkylation sites (tertiary alicyclic amines) is 1. The number of amides is 2. The number of anilines is 1. The van der Waals surface area contributed by atoms with Crippen LogP contribution in [0.4, 0.5) is 5.69 Å². The molecule has 1 aliphatic rings. The quantitative estimate of drug-likeness (QED) is 0.828. The smallest absolute Gasteiger partial charge is 0.313 e. The fraction of sp³-hybridized carbons (Fsp3) is 0.467. The van der Waals surface area contributed by atoms with E-state index in [1.54, 1.807) is 12.1 Å². The lowest BCUT2D eigenvalue weighted by molar-refractivity contribution is -0.136. The lowest BCUT2D eigenvalue weighted by atomic mass is 9.98. The fourth-order valence-corrected chi connectivity index (χ4v) is 2.82. The molecule has 0 spiro atoms. The van der Waals surface area contributed by atoms with E-state index in [0.717, 1.165) is 25.9 Å². The molecule has 0 unspecified atom stereocenters. The first-order valence-corrected chi connectivity index (χ1v) is 7.94. The van der Waals surface area contributed by atoms with Gasteiger partial charge in [0.1, 0.15) is 0 Å². The average Bonchev–Trinajstić information content (AvgIpc) is 2.48. The molecule has 1 aromatic rings. The van der Waals surface area contributed by atoms with Crippen molar-refractivity contribution in [3.05, 3.63) is 28.2 Å². The molecule has 0 saturated carbocycles. The Labute approximate surface area is 139 Å². The van der Waals surface area contributed by atoms with E-state index in [1.165, 1.54) is 6.07 Å². The molecule has 1 atom stereocenters. The van der Waals surface area contributed by atoms with Crippen molar-refractivity contribution >= 4 is 40.7 Å². The van der Waals surface area contributed by atoms with Gasteiger partial charge in [-0.15, -0.1) is 0 Å². The summed E-state index contributed by atoms with van der Waals surface area (Å²) >= 11 is 11.7. The summed E-state index contributed by atoms with van der Waals surface area (Å²) in [6, 6.07) is 4.66. The highest BCUT2D eigenvalue weighted by atomic mass is 35.5. The molecule has 1 saturated heterocycles. The van der Waals surface area contributed by atoms with Crippen LogP contribution in [-0.4, -0.2) is 43.4 Å². The molecule has 22 heavy (non-hydrogen) atoms. The van der Waals surface area contributed by atoms with Crippen LogP contribution >= 0.6 is 23.2 Å². The van der Waals surface area contributed by atoms with Crippen LogP contribution < -0.4 is 10.6 Å². The number of piperidine rings is 1. The molecule has 2 rings (SSSR count). The number of hydrogen-bond acceptors (Lipinski definition) is 3. The van der Waals surface area contributed by atoms with Gasteiger partial charge in [-0.2, -0.15) is 0 Å². The largest absolute Gasteiger partial charge is 0.347 e. The lowest BCUT2D eigenvalue weighted by Gasteiger charge is -2.29. The highest BCUT2D eigenvalue weighted by Crippen LogP contribution is 2.24. The second kappa shape index (κ2) is 7.81. The summed E-state index contributed by atoms with van der Waals surface area (Å²) in [6.07, 6.45) is 2.19. The van der Waals surface area contributed by atoms with Gasteiger partial charge in [0.05, 0.1) is 10.0 Å². The average molecular weight is 344 g/mol. The lowest BCUT2D eigenvalue weighted by Crippen LogP contribution is -2.42. The molecule has 2 N–H and O–H groups in total. The maximum atomic E-state index is 11.8. The summed E-state index contributed by atoms with van der Waals surface area (Å²) in [4.78, 5) is 25.9. The number of carbonyl (C=O) groups excluding carboxylic acids is 2. The van der Waals surface area contributed by atoms with Crippen LogP contribution in [0.25, 0.3) is 0 Å². The Morgan fingerprint density at radius 2 is 2.05 bits per heavy atom. The van der Waals surface area contributed by atoms with Crippen LogP contribution in [0.1, 0.15) is 12.8 Å². The van der Waals surface area contributed by atoms with Gasteiger partial charge in [0.2, 0.25) is 0 Å². The van der Waals surface area contributed by atoms with Gasteiger partial charge in [-0.25, -0.2) is 0 Å². The van der Waals surface area contributed by atoms with Crippen LogP contribution in [0, 0.1) is 5.92 Å². The Kier molecular flexibility index (Phi) is 6.06. The molecule has 5 nitrogen and oxygen atoms in total. The second-order valence-corrected chi connectivity index (χ2v) is 6.38.